The second-order valence-corrected chi connectivity index (χ2v) is 7.15. The lowest BCUT2D eigenvalue weighted by atomic mass is 9.90. The van der Waals surface area contributed by atoms with Gasteiger partial charge in [-0.3, -0.25) is 0 Å². The van der Waals surface area contributed by atoms with Crippen LogP contribution in [-0.2, 0) is 9.47 Å². The first kappa shape index (κ1) is 16.4. The average Bonchev–Trinajstić information content (AvgIpc) is 2.60. The number of nitrogens with zero attached hydrogens (tertiary/aromatic N) is 2. The molecule has 0 saturated carbocycles. The standard InChI is InChI=1S/C21H26N2O2/c1-14-5-7-18-16(9-14)20(11-24-3)23-13-22(18)21(12-25-4)17-10-15(2)6-8-19(17)23/h5-10,20-21H,11-13H2,1-4H3/t20-,21-/m0/s1. The Balaban J connectivity index is 1.91. The van der Waals surface area contributed by atoms with Gasteiger partial charge < -0.3 is 19.3 Å². The third-order valence-corrected chi connectivity index (χ3v) is 5.41. The van der Waals surface area contributed by atoms with Gasteiger partial charge in [-0.05, 0) is 26.0 Å². The first-order valence-electron chi connectivity index (χ1n) is 8.86. The largest absolute Gasteiger partial charge is 0.382 e. The Labute approximate surface area is 150 Å². The van der Waals surface area contributed by atoms with Crippen LogP contribution in [0.3, 0.4) is 0 Å². The molecule has 2 aromatic carbocycles. The maximum atomic E-state index is 5.60. The van der Waals surface area contributed by atoms with Gasteiger partial charge in [-0.2, -0.15) is 0 Å². The van der Waals surface area contributed by atoms with Crippen LogP contribution in [0, 0.1) is 13.8 Å². The van der Waals surface area contributed by atoms with Crippen LogP contribution < -0.4 is 9.80 Å². The van der Waals surface area contributed by atoms with Crippen LogP contribution >= 0.6 is 0 Å². The van der Waals surface area contributed by atoms with Crippen molar-refractivity contribution in [1.82, 2.24) is 0 Å². The molecule has 0 spiro atoms. The molecular formula is C21H26N2O2. The van der Waals surface area contributed by atoms with E-state index in [-0.39, 0.29) is 12.1 Å². The van der Waals surface area contributed by atoms with E-state index in [0.717, 1.165) is 6.67 Å². The fourth-order valence-corrected chi connectivity index (χ4v) is 4.27. The molecule has 0 N–H and O–H groups in total. The summed E-state index contributed by atoms with van der Waals surface area (Å²) in [6.07, 6.45) is 0. The number of hydrogen-bond acceptors (Lipinski definition) is 4. The van der Waals surface area contributed by atoms with Crippen molar-refractivity contribution in [2.24, 2.45) is 0 Å². The minimum atomic E-state index is 0.237. The summed E-state index contributed by atoms with van der Waals surface area (Å²) in [5.74, 6) is 0. The Morgan fingerprint density at radius 1 is 0.800 bits per heavy atom. The molecule has 4 nitrogen and oxygen atoms in total. The van der Waals surface area contributed by atoms with Gasteiger partial charge in [-0.15, -0.1) is 0 Å². The quantitative estimate of drug-likeness (QED) is 0.842. The van der Waals surface area contributed by atoms with Crippen molar-refractivity contribution in [3.63, 3.8) is 0 Å². The number of ether oxygens (including phenoxy) is 2. The SMILES string of the molecule is COC[C@H]1c2cc(C)ccc2N2CN1c1ccc(C)cc1[C@@H]2COC. The van der Waals surface area contributed by atoms with E-state index < -0.39 is 0 Å². The highest BCUT2D eigenvalue weighted by molar-refractivity contribution is 5.72. The number of hydrogen-bond donors (Lipinski definition) is 0. The summed E-state index contributed by atoms with van der Waals surface area (Å²) in [7, 11) is 3.57. The molecule has 4 rings (SSSR count). The molecule has 2 heterocycles. The molecule has 0 fully saturated rings. The van der Waals surface area contributed by atoms with Gasteiger partial charge in [-0.1, -0.05) is 35.4 Å². The molecule has 2 aromatic rings. The van der Waals surface area contributed by atoms with E-state index in [4.69, 9.17) is 9.47 Å². The first-order valence-corrected chi connectivity index (χ1v) is 8.86. The Morgan fingerprint density at radius 2 is 1.24 bits per heavy atom. The molecule has 0 unspecified atom stereocenters. The van der Waals surface area contributed by atoms with Crippen LogP contribution in [0.5, 0.6) is 0 Å². The Hall–Kier alpha value is -2.04. The molecular weight excluding hydrogens is 312 g/mol. The summed E-state index contributed by atoms with van der Waals surface area (Å²) in [4.78, 5) is 4.96. The van der Waals surface area contributed by atoms with Crippen LogP contribution in [0.15, 0.2) is 36.4 Å². The maximum absolute atomic E-state index is 5.60. The number of benzene rings is 2. The van der Waals surface area contributed by atoms with Crippen molar-refractivity contribution in [3.05, 3.63) is 58.7 Å². The van der Waals surface area contributed by atoms with Gasteiger partial charge in [0.25, 0.3) is 0 Å². The van der Waals surface area contributed by atoms with Crippen LogP contribution in [0.4, 0.5) is 11.4 Å². The molecule has 0 amide bonds. The highest BCUT2D eigenvalue weighted by atomic mass is 16.5. The molecule has 0 saturated heterocycles. The maximum Gasteiger partial charge on any atom is 0.0917 e. The molecule has 0 aromatic heterocycles. The van der Waals surface area contributed by atoms with Gasteiger partial charge in [0, 0.05) is 36.7 Å². The van der Waals surface area contributed by atoms with E-state index in [1.54, 1.807) is 14.2 Å². The lowest BCUT2D eigenvalue weighted by Gasteiger charge is -2.52. The zero-order valence-electron chi connectivity index (χ0n) is 15.5. The molecule has 2 bridgehead atoms. The Morgan fingerprint density at radius 3 is 1.64 bits per heavy atom. The highest BCUT2D eigenvalue weighted by Gasteiger charge is 2.41. The van der Waals surface area contributed by atoms with E-state index >= 15 is 0 Å². The minimum Gasteiger partial charge on any atom is -0.382 e. The van der Waals surface area contributed by atoms with Gasteiger partial charge in [0.1, 0.15) is 0 Å². The number of aryl methyl sites for hydroxylation is 2. The predicted molar refractivity (Wildman–Crippen MR) is 101 cm³/mol. The third kappa shape index (κ3) is 2.60. The van der Waals surface area contributed by atoms with E-state index in [0.29, 0.717) is 13.2 Å². The van der Waals surface area contributed by atoms with Crippen LogP contribution in [0.2, 0.25) is 0 Å². The molecule has 2 atom stereocenters. The van der Waals surface area contributed by atoms with Crippen molar-refractivity contribution in [2.75, 3.05) is 43.9 Å². The average molecular weight is 338 g/mol. The van der Waals surface area contributed by atoms with E-state index in [2.05, 4.69) is 60.0 Å². The molecule has 25 heavy (non-hydrogen) atoms. The highest BCUT2D eigenvalue weighted by Crippen LogP contribution is 2.48. The molecule has 0 radical (unpaired) electrons. The summed E-state index contributed by atoms with van der Waals surface area (Å²) in [5, 5.41) is 0. The third-order valence-electron chi connectivity index (χ3n) is 5.41. The predicted octanol–water partition coefficient (Wildman–Crippen LogP) is 3.98. The van der Waals surface area contributed by atoms with Gasteiger partial charge in [0.2, 0.25) is 0 Å². The zero-order valence-corrected chi connectivity index (χ0v) is 15.5. The number of rotatable bonds is 4. The Bertz CT molecular complexity index is 724. The molecule has 2 aliphatic heterocycles. The summed E-state index contributed by atoms with van der Waals surface area (Å²) < 4.78 is 11.2. The molecule has 2 aliphatic rings. The summed E-state index contributed by atoms with van der Waals surface area (Å²) >= 11 is 0. The van der Waals surface area contributed by atoms with Gasteiger partial charge in [0.05, 0.1) is 32.0 Å². The second-order valence-electron chi connectivity index (χ2n) is 7.15. The molecule has 4 heteroatoms. The van der Waals surface area contributed by atoms with E-state index in [1.807, 2.05) is 0 Å². The van der Waals surface area contributed by atoms with Crippen molar-refractivity contribution in [3.8, 4) is 0 Å². The minimum absolute atomic E-state index is 0.237. The molecule has 132 valence electrons. The van der Waals surface area contributed by atoms with E-state index in [9.17, 15) is 0 Å². The van der Waals surface area contributed by atoms with Gasteiger partial charge in [0.15, 0.2) is 0 Å². The van der Waals surface area contributed by atoms with Gasteiger partial charge >= 0.3 is 0 Å². The van der Waals surface area contributed by atoms with Crippen molar-refractivity contribution in [2.45, 2.75) is 25.9 Å². The fraction of sp³-hybridized carbons (Fsp3) is 0.429. The van der Waals surface area contributed by atoms with Crippen molar-refractivity contribution in [1.29, 1.82) is 0 Å². The van der Waals surface area contributed by atoms with Crippen LogP contribution in [0.1, 0.15) is 34.3 Å². The zero-order chi connectivity index (χ0) is 17.6. The topological polar surface area (TPSA) is 24.9 Å². The smallest absolute Gasteiger partial charge is 0.0917 e. The summed E-state index contributed by atoms with van der Waals surface area (Å²) in [6, 6.07) is 14.0. The normalized spacial score (nSPS) is 21.1. The van der Waals surface area contributed by atoms with Crippen LogP contribution in [0.25, 0.3) is 0 Å². The first-order chi connectivity index (χ1) is 12.1. The van der Waals surface area contributed by atoms with Gasteiger partial charge in [-0.25, -0.2) is 0 Å². The molecule has 0 aliphatic carbocycles. The number of fused-ring (bicyclic) bond motifs is 6. The summed E-state index contributed by atoms with van der Waals surface area (Å²) in [6.45, 7) is 6.56. The van der Waals surface area contributed by atoms with Crippen molar-refractivity contribution < 1.29 is 9.47 Å². The number of methoxy groups -OCH3 is 2. The van der Waals surface area contributed by atoms with E-state index in [1.165, 1.54) is 33.6 Å². The summed E-state index contributed by atoms with van der Waals surface area (Å²) in [5.41, 5.74) is 7.88. The van der Waals surface area contributed by atoms with Crippen molar-refractivity contribution >= 4 is 11.4 Å². The monoisotopic (exact) mass is 338 g/mol. The lowest BCUT2D eigenvalue weighted by Crippen LogP contribution is -2.52. The van der Waals surface area contributed by atoms with Crippen LogP contribution in [-0.4, -0.2) is 34.1 Å². The number of anilines is 2. The fourth-order valence-electron chi connectivity index (χ4n) is 4.27. The second kappa shape index (κ2) is 6.36. The lowest BCUT2D eigenvalue weighted by molar-refractivity contribution is 0.161. The Kier molecular flexibility index (Phi) is 4.18.